The largest absolute Gasteiger partial charge is 0.507 e. The van der Waals surface area contributed by atoms with Crippen molar-refractivity contribution in [1.82, 2.24) is 4.90 Å². The summed E-state index contributed by atoms with van der Waals surface area (Å²) in [6.45, 7) is 0.676. The van der Waals surface area contributed by atoms with Crippen molar-refractivity contribution < 1.29 is 69.2 Å². The van der Waals surface area contributed by atoms with E-state index in [-0.39, 0.29) is 18.2 Å². The van der Waals surface area contributed by atoms with Crippen molar-refractivity contribution in [2.24, 2.45) is 0 Å². The smallest absolute Gasteiger partial charge is 0.490 e. The van der Waals surface area contributed by atoms with Gasteiger partial charge in [0, 0.05) is 35.7 Å². The maximum absolute atomic E-state index is 13.3. The summed E-state index contributed by atoms with van der Waals surface area (Å²) in [6.07, 6.45) is -16.1. The molecule has 4 N–H and O–H groups in total. The van der Waals surface area contributed by atoms with Gasteiger partial charge in [-0.25, -0.2) is 4.79 Å². The molecule has 0 unspecified atom stereocenters. The van der Waals surface area contributed by atoms with Crippen LogP contribution in [0, 0.1) is 0 Å². The molecule has 0 amide bonds. The van der Waals surface area contributed by atoms with Gasteiger partial charge in [-0.05, 0) is 38.2 Å². The molecule has 2 heterocycles. The molecule has 1 aromatic heterocycles. The molecule has 8 nitrogen and oxygen atoms in total. The molecule has 17 heteroatoms. The van der Waals surface area contributed by atoms with Crippen LogP contribution in [0.15, 0.2) is 39.5 Å². The van der Waals surface area contributed by atoms with E-state index in [9.17, 15) is 59.6 Å². The number of phenols is 2. The van der Waals surface area contributed by atoms with E-state index in [4.69, 9.17) is 14.3 Å². The number of likely N-dealkylation sites (N-methyl/N-ethyl adjacent to an activating group) is 1. The van der Waals surface area contributed by atoms with Crippen LogP contribution in [0.4, 0.5) is 39.5 Å². The summed E-state index contributed by atoms with van der Waals surface area (Å²) in [5, 5.41) is 38.0. The Hall–Kier alpha value is -3.99. The van der Waals surface area contributed by atoms with Crippen LogP contribution < -0.4 is 5.43 Å². The average molecular weight is 617 g/mol. The van der Waals surface area contributed by atoms with Crippen LogP contribution in [-0.2, 0) is 17.1 Å². The zero-order chi connectivity index (χ0) is 31.9. The molecule has 42 heavy (non-hydrogen) atoms. The second-order valence-corrected chi connectivity index (χ2v) is 9.33. The number of carboxylic acids is 1. The molecule has 3 aromatic rings. The maximum Gasteiger partial charge on any atom is 0.490 e. The number of likely N-dealkylation sites (tertiary alicyclic amines) is 1. The first-order valence-electron chi connectivity index (χ1n) is 11.6. The number of phenolic OH excluding ortho intramolecular Hbond substituents is 2. The lowest BCUT2D eigenvalue weighted by atomic mass is 9.85. The van der Waals surface area contributed by atoms with Crippen molar-refractivity contribution >= 4 is 16.9 Å². The minimum Gasteiger partial charge on any atom is -0.507 e. The number of aliphatic hydroxyl groups is 1. The monoisotopic (exact) mass is 617 g/mol. The highest BCUT2D eigenvalue weighted by Crippen LogP contribution is 2.44. The molecule has 0 bridgehead atoms. The van der Waals surface area contributed by atoms with Gasteiger partial charge in [-0.3, -0.25) is 4.79 Å². The summed E-state index contributed by atoms with van der Waals surface area (Å²) in [7, 11) is 1.75. The molecule has 1 fully saturated rings. The second kappa shape index (κ2) is 11.4. The Morgan fingerprint density at radius 1 is 0.905 bits per heavy atom. The van der Waals surface area contributed by atoms with E-state index < -0.39 is 86.9 Å². The number of aliphatic carboxylic acids is 1. The number of β-amino-alcohol motifs (C(OH)–C–C–N with tert-alkyl or cyclic N) is 1. The number of halogens is 9. The van der Waals surface area contributed by atoms with Gasteiger partial charge in [-0.15, -0.1) is 0 Å². The molecule has 230 valence electrons. The van der Waals surface area contributed by atoms with Crippen molar-refractivity contribution in [3.05, 3.63) is 57.2 Å². The Bertz CT molecular complexity index is 1510. The lowest BCUT2D eigenvalue weighted by molar-refractivity contribution is -0.192. The summed E-state index contributed by atoms with van der Waals surface area (Å²) in [5.74, 6) is -5.40. The van der Waals surface area contributed by atoms with E-state index in [0.717, 1.165) is 6.07 Å². The fourth-order valence-electron chi connectivity index (χ4n) is 4.35. The first kappa shape index (κ1) is 32.5. The van der Waals surface area contributed by atoms with Crippen molar-refractivity contribution in [1.29, 1.82) is 0 Å². The van der Waals surface area contributed by atoms with Gasteiger partial charge in [-0.1, -0.05) is 0 Å². The molecule has 0 spiro atoms. The summed E-state index contributed by atoms with van der Waals surface area (Å²) in [4.78, 5) is 23.5. The number of nitrogens with zero attached hydrogens (tertiary/aromatic N) is 1. The number of carboxylic acid groups (broad SMARTS) is 1. The topological polar surface area (TPSA) is 131 Å². The van der Waals surface area contributed by atoms with E-state index in [1.807, 2.05) is 4.90 Å². The number of fused-ring (bicyclic) bond motifs is 1. The number of aliphatic hydroxyl groups excluding tert-OH is 1. The molecule has 2 aromatic carbocycles. The highest BCUT2D eigenvalue weighted by atomic mass is 19.4. The molecule has 1 aliphatic heterocycles. The molecule has 0 radical (unpaired) electrons. The summed E-state index contributed by atoms with van der Waals surface area (Å²) in [6, 6.07) is 2.31. The van der Waals surface area contributed by atoms with Crippen molar-refractivity contribution in [2.45, 2.75) is 37.0 Å². The normalized spacial score (nSPS) is 18.5. The summed E-state index contributed by atoms with van der Waals surface area (Å²) in [5.41, 5.74) is -5.33. The Kier molecular flexibility index (Phi) is 8.79. The molecule has 4 rings (SSSR count). The second-order valence-electron chi connectivity index (χ2n) is 9.33. The third-order valence-corrected chi connectivity index (χ3v) is 6.27. The first-order chi connectivity index (χ1) is 19.1. The Morgan fingerprint density at radius 3 is 1.88 bits per heavy atom. The maximum atomic E-state index is 13.3. The van der Waals surface area contributed by atoms with Gasteiger partial charge < -0.3 is 29.7 Å². The number of aromatic hydroxyl groups is 2. The minimum atomic E-state index is -5.12. The van der Waals surface area contributed by atoms with Gasteiger partial charge >= 0.3 is 24.5 Å². The third kappa shape index (κ3) is 7.07. The van der Waals surface area contributed by atoms with Gasteiger partial charge in [-0.2, -0.15) is 39.5 Å². The summed E-state index contributed by atoms with van der Waals surface area (Å²) >= 11 is 0. The molecule has 1 aliphatic rings. The fourth-order valence-corrected chi connectivity index (χ4v) is 4.35. The predicted octanol–water partition coefficient (Wildman–Crippen LogP) is 5.32. The number of carbonyl (C=O) groups is 1. The van der Waals surface area contributed by atoms with E-state index in [1.54, 1.807) is 7.05 Å². The van der Waals surface area contributed by atoms with E-state index in [0.29, 0.717) is 31.2 Å². The molecular weight excluding hydrogens is 597 g/mol. The van der Waals surface area contributed by atoms with Crippen LogP contribution in [0.3, 0.4) is 0 Å². The number of alkyl halides is 9. The third-order valence-electron chi connectivity index (χ3n) is 6.27. The Balaban J connectivity index is 0.000000616. The van der Waals surface area contributed by atoms with Gasteiger partial charge in [0.2, 0.25) is 0 Å². The first-order valence-corrected chi connectivity index (χ1v) is 11.6. The molecule has 0 saturated carbocycles. The number of hydrogen-bond donors (Lipinski definition) is 4. The van der Waals surface area contributed by atoms with Gasteiger partial charge in [0.1, 0.15) is 28.2 Å². The zero-order valence-corrected chi connectivity index (χ0v) is 21.0. The number of benzene rings is 2. The molecular formula is C25H20F9NO7. The van der Waals surface area contributed by atoms with Crippen molar-refractivity contribution in [3.63, 3.8) is 0 Å². The van der Waals surface area contributed by atoms with Crippen LogP contribution in [-0.4, -0.2) is 63.7 Å². The van der Waals surface area contributed by atoms with Crippen LogP contribution in [0.1, 0.15) is 29.0 Å². The SMILES string of the molecule is CN1CC[C@H](c2c(O)cc(O)c3c(=O)cc(-c4cc(C(F)(F)F)cc(C(F)(F)F)c4)oc23)[C@H](O)C1.O=C(O)C(F)(F)F. The van der Waals surface area contributed by atoms with Crippen LogP contribution in [0.5, 0.6) is 11.5 Å². The minimum absolute atomic E-state index is 0.0549. The van der Waals surface area contributed by atoms with Crippen LogP contribution in [0.2, 0.25) is 0 Å². The highest BCUT2D eigenvalue weighted by molar-refractivity contribution is 5.89. The Morgan fingerprint density at radius 2 is 1.43 bits per heavy atom. The zero-order valence-electron chi connectivity index (χ0n) is 21.0. The van der Waals surface area contributed by atoms with E-state index >= 15 is 0 Å². The molecule has 0 aliphatic carbocycles. The quantitative estimate of drug-likeness (QED) is 0.284. The fraction of sp³-hybridized carbons (Fsp3) is 0.360. The number of rotatable bonds is 2. The lowest BCUT2D eigenvalue weighted by Gasteiger charge is -2.34. The van der Waals surface area contributed by atoms with Gasteiger partial charge in [0.25, 0.3) is 0 Å². The van der Waals surface area contributed by atoms with E-state index in [1.165, 1.54) is 0 Å². The Labute approximate surface area is 228 Å². The predicted molar refractivity (Wildman–Crippen MR) is 126 cm³/mol. The van der Waals surface area contributed by atoms with Gasteiger partial charge in [0.05, 0.1) is 17.2 Å². The number of piperidine rings is 1. The molecule has 2 atom stereocenters. The van der Waals surface area contributed by atoms with Crippen LogP contribution >= 0.6 is 0 Å². The van der Waals surface area contributed by atoms with Gasteiger partial charge in [0.15, 0.2) is 5.43 Å². The van der Waals surface area contributed by atoms with Crippen molar-refractivity contribution in [2.75, 3.05) is 20.1 Å². The van der Waals surface area contributed by atoms with E-state index in [2.05, 4.69) is 0 Å². The lowest BCUT2D eigenvalue weighted by Crippen LogP contribution is -2.40. The standard InChI is InChI=1S/C23H19F6NO5.C2HF3O2/c1-30-3-2-13(17(34)9-30)19-14(31)7-15(32)20-16(33)8-18(35-21(19)20)10-4-11(22(24,25)26)6-12(5-10)23(27,28)29;3-2(4,5)1(6)7/h4-8,13,17,31-32,34H,2-3,9H2,1H3;(H,6,7)/t13-,17+;/m0./s1. The average Bonchev–Trinajstić information content (AvgIpc) is 2.83. The summed E-state index contributed by atoms with van der Waals surface area (Å²) < 4.78 is 117. The highest BCUT2D eigenvalue weighted by Gasteiger charge is 2.39. The van der Waals surface area contributed by atoms with Crippen LogP contribution in [0.25, 0.3) is 22.3 Å². The molecule has 1 saturated heterocycles. The van der Waals surface area contributed by atoms with Crippen molar-refractivity contribution in [3.8, 4) is 22.8 Å². The number of hydrogen-bond acceptors (Lipinski definition) is 7.